The van der Waals surface area contributed by atoms with E-state index in [-0.39, 0.29) is 18.1 Å². The molecule has 0 aromatic carbocycles. The van der Waals surface area contributed by atoms with Gasteiger partial charge in [0.05, 0.1) is 5.69 Å². The van der Waals surface area contributed by atoms with Crippen LogP contribution in [0.15, 0.2) is 24.5 Å². The number of amides is 1. The molecular weight excluding hydrogens is 432 g/mol. The first kappa shape index (κ1) is 22.3. The van der Waals surface area contributed by atoms with Crippen LogP contribution >= 0.6 is 0 Å². The number of ether oxygens (including phenoxy) is 2. The number of nitrogens with zero attached hydrogens (tertiary/aromatic N) is 4. The normalized spacial score (nSPS) is 17.8. The van der Waals surface area contributed by atoms with Crippen LogP contribution in [0, 0.1) is 17.8 Å². The molecule has 34 heavy (non-hydrogen) atoms. The molecule has 1 saturated heterocycles. The maximum absolute atomic E-state index is 12.2. The second kappa shape index (κ2) is 9.79. The Labute approximate surface area is 198 Å². The Morgan fingerprint density at radius 2 is 2.09 bits per heavy atom. The molecule has 1 unspecified atom stereocenters. The molecule has 176 valence electrons. The minimum atomic E-state index is -0.156. The van der Waals surface area contributed by atoms with Crippen LogP contribution in [0.4, 0.5) is 11.6 Å². The van der Waals surface area contributed by atoms with E-state index in [9.17, 15) is 4.79 Å². The Balaban J connectivity index is 1.40. The van der Waals surface area contributed by atoms with Crippen molar-refractivity contribution in [1.29, 1.82) is 0 Å². The highest BCUT2D eigenvalue weighted by molar-refractivity contribution is 6.03. The Morgan fingerprint density at radius 3 is 2.85 bits per heavy atom. The van der Waals surface area contributed by atoms with Crippen LogP contribution in [0.5, 0.6) is 0 Å². The fourth-order valence-corrected chi connectivity index (χ4v) is 4.00. The lowest BCUT2D eigenvalue weighted by molar-refractivity contribution is -0.154. The van der Waals surface area contributed by atoms with Gasteiger partial charge in [-0.25, -0.2) is 9.97 Å². The third-order valence-corrected chi connectivity index (χ3v) is 6.06. The zero-order chi connectivity index (χ0) is 23.5. The van der Waals surface area contributed by atoms with E-state index in [1.165, 1.54) is 0 Å². The summed E-state index contributed by atoms with van der Waals surface area (Å²) < 4.78 is 13.0. The fourth-order valence-electron chi connectivity index (χ4n) is 4.00. The summed E-state index contributed by atoms with van der Waals surface area (Å²) in [6, 6.07) is 3.81. The molecule has 0 spiro atoms. The van der Waals surface area contributed by atoms with Crippen molar-refractivity contribution in [3.8, 4) is 23.1 Å². The monoisotopic (exact) mass is 460 g/mol. The summed E-state index contributed by atoms with van der Waals surface area (Å²) in [5, 5.41) is 12.4. The molecule has 2 aliphatic rings. The van der Waals surface area contributed by atoms with E-state index >= 15 is 0 Å². The SMILES string of the molecule is CNc1ncc(-c2cc(C#CCOC3CCCCO3)n(C)n2)c2cc(NC(=O)C3CC3)ncc12. The van der Waals surface area contributed by atoms with Crippen LogP contribution in [0.2, 0.25) is 0 Å². The van der Waals surface area contributed by atoms with E-state index in [2.05, 4.69) is 37.5 Å². The van der Waals surface area contributed by atoms with Crippen molar-refractivity contribution >= 4 is 28.3 Å². The second-order valence-corrected chi connectivity index (χ2v) is 8.60. The van der Waals surface area contributed by atoms with Gasteiger partial charge < -0.3 is 20.1 Å². The van der Waals surface area contributed by atoms with Gasteiger partial charge in [-0.05, 0) is 44.1 Å². The van der Waals surface area contributed by atoms with Gasteiger partial charge >= 0.3 is 0 Å². The van der Waals surface area contributed by atoms with Crippen molar-refractivity contribution < 1.29 is 14.3 Å². The van der Waals surface area contributed by atoms with Crippen molar-refractivity contribution in [3.63, 3.8) is 0 Å². The number of hydrogen-bond acceptors (Lipinski definition) is 7. The fraction of sp³-hybridized carbons (Fsp3) is 0.440. The maximum Gasteiger partial charge on any atom is 0.228 e. The highest BCUT2D eigenvalue weighted by Crippen LogP contribution is 2.33. The van der Waals surface area contributed by atoms with E-state index in [1.54, 1.807) is 17.1 Å². The van der Waals surface area contributed by atoms with Crippen LogP contribution in [0.1, 0.15) is 37.8 Å². The van der Waals surface area contributed by atoms with E-state index in [1.807, 2.05) is 26.2 Å². The van der Waals surface area contributed by atoms with E-state index in [0.717, 1.165) is 66.4 Å². The summed E-state index contributed by atoms with van der Waals surface area (Å²) in [5.41, 5.74) is 2.35. The molecule has 2 fully saturated rings. The first-order valence-corrected chi connectivity index (χ1v) is 11.7. The highest BCUT2D eigenvalue weighted by Gasteiger charge is 2.30. The quantitative estimate of drug-likeness (QED) is 0.544. The summed E-state index contributed by atoms with van der Waals surface area (Å²) in [4.78, 5) is 21.2. The topological polar surface area (TPSA) is 103 Å². The predicted molar refractivity (Wildman–Crippen MR) is 129 cm³/mol. The number of carbonyl (C=O) groups excluding carboxylic acids is 1. The molecule has 3 aromatic heterocycles. The predicted octanol–water partition coefficient (Wildman–Crippen LogP) is 3.32. The molecular formula is C25H28N6O3. The number of rotatable bonds is 6. The lowest BCUT2D eigenvalue weighted by Crippen LogP contribution is -2.22. The number of carbonyl (C=O) groups is 1. The largest absolute Gasteiger partial charge is 0.373 e. The standard InChI is InChI=1S/C25H28N6O3/c1-26-24-20-15-27-22(29-25(32)16-8-9-16)13-18(20)19(14-28-24)21-12-17(31(2)30-21)6-5-11-34-23-7-3-4-10-33-23/h12-16,23H,3-4,7-11H2,1-2H3,(H,26,28)(H,27,29,32). The van der Waals surface area contributed by atoms with Crippen molar-refractivity contribution in [2.75, 3.05) is 30.9 Å². The van der Waals surface area contributed by atoms with Crippen LogP contribution in [0.25, 0.3) is 22.0 Å². The number of fused-ring (bicyclic) bond motifs is 1. The van der Waals surface area contributed by atoms with Gasteiger partial charge in [0.1, 0.15) is 23.9 Å². The van der Waals surface area contributed by atoms with Gasteiger partial charge in [0.15, 0.2) is 6.29 Å². The Morgan fingerprint density at radius 1 is 1.21 bits per heavy atom. The molecule has 9 heteroatoms. The number of hydrogen-bond donors (Lipinski definition) is 2. The Bertz CT molecular complexity index is 1260. The maximum atomic E-state index is 12.2. The molecule has 4 heterocycles. The summed E-state index contributed by atoms with van der Waals surface area (Å²) >= 11 is 0. The lowest BCUT2D eigenvalue weighted by atomic mass is 10.1. The summed E-state index contributed by atoms with van der Waals surface area (Å²) in [6.07, 6.45) is 8.36. The van der Waals surface area contributed by atoms with Crippen LogP contribution in [0.3, 0.4) is 0 Å². The molecule has 1 aliphatic carbocycles. The summed E-state index contributed by atoms with van der Waals surface area (Å²) in [5.74, 6) is 7.56. The van der Waals surface area contributed by atoms with Gasteiger partial charge in [-0.2, -0.15) is 5.10 Å². The highest BCUT2D eigenvalue weighted by atomic mass is 16.7. The van der Waals surface area contributed by atoms with Crippen molar-refractivity contribution in [3.05, 3.63) is 30.2 Å². The smallest absolute Gasteiger partial charge is 0.228 e. The number of anilines is 2. The average Bonchev–Trinajstić information content (AvgIpc) is 3.65. The molecule has 1 aliphatic heterocycles. The van der Waals surface area contributed by atoms with Gasteiger partial charge in [-0.1, -0.05) is 5.92 Å². The Kier molecular flexibility index (Phi) is 6.43. The number of aromatic nitrogens is 4. The molecule has 0 radical (unpaired) electrons. The average molecular weight is 461 g/mol. The Hall–Kier alpha value is -3.48. The van der Waals surface area contributed by atoms with Crippen LogP contribution in [-0.2, 0) is 21.3 Å². The zero-order valence-electron chi connectivity index (χ0n) is 19.4. The third kappa shape index (κ3) is 4.88. The van der Waals surface area contributed by atoms with Crippen molar-refractivity contribution in [2.45, 2.75) is 38.4 Å². The number of aryl methyl sites for hydroxylation is 1. The molecule has 1 saturated carbocycles. The first-order valence-electron chi connectivity index (χ1n) is 11.7. The second-order valence-electron chi connectivity index (χ2n) is 8.60. The minimum absolute atomic E-state index is 0.0209. The lowest BCUT2D eigenvalue weighted by Gasteiger charge is -2.21. The molecule has 3 aromatic rings. The van der Waals surface area contributed by atoms with Gasteiger partial charge in [0.25, 0.3) is 0 Å². The molecule has 2 N–H and O–H groups in total. The van der Waals surface area contributed by atoms with E-state index in [4.69, 9.17) is 9.47 Å². The third-order valence-electron chi connectivity index (χ3n) is 6.06. The van der Waals surface area contributed by atoms with E-state index in [0.29, 0.717) is 18.2 Å². The molecule has 1 amide bonds. The van der Waals surface area contributed by atoms with Gasteiger partial charge in [0.2, 0.25) is 5.91 Å². The molecule has 1 atom stereocenters. The van der Waals surface area contributed by atoms with Gasteiger partial charge in [-0.15, -0.1) is 0 Å². The first-order chi connectivity index (χ1) is 16.6. The van der Waals surface area contributed by atoms with Crippen LogP contribution < -0.4 is 10.6 Å². The van der Waals surface area contributed by atoms with Crippen LogP contribution in [-0.4, -0.2) is 52.2 Å². The molecule has 0 bridgehead atoms. The summed E-state index contributed by atoms with van der Waals surface area (Å²) in [7, 11) is 3.68. The van der Waals surface area contributed by atoms with Crippen molar-refractivity contribution in [1.82, 2.24) is 19.7 Å². The van der Waals surface area contributed by atoms with Gasteiger partial charge in [0, 0.05) is 61.4 Å². The minimum Gasteiger partial charge on any atom is -0.373 e. The van der Waals surface area contributed by atoms with Gasteiger partial charge in [-0.3, -0.25) is 9.48 Å². The van der Waals surface area contributed by atoms with E-state index < -0.39 is 0 Å². The summed E-state index contributed by atoms with van der Waals surface area (Å²) in [6.45, 7) is 1.06. The number of nitrogens with one attached hydrogen (secondary N) is 2. The van der Waals surface area contributed by atoms with Crippen molar-refractivity contribution in [2.24, 2.45) is 13.0 Å². The number of pyridine rings is 2. The molecule has 9 nitrogen and oxygen atoms in total. The zero-order valence-corrected chi connectivity index (χ0v) is 19.4. The molecule has 5 rings (SSSR count).